The third-order valence-corrected chi connectivity index (χ3v) is 3.38. The van der Waals surface area contributed by atoms with Crippen LogP contribution in [0.3, 0.4) is 0 Å². The molecule has 12 heavy (non-hydrogen) atoms. The van der Waals surface area contributed by atoms with E-state index in [4.69, 9.17) is 9.84 Å². The van der Waals surface area contributed by atoms with Crippen LogP contribution in [0.2, 0.25) is 0 Å². The summed E-state index contributed by atoms with van der Waals surface area (Å²) in [5.74, 6) is -0.479. The minimum Gasteiger partial charge on any atom is -0.481 e. The second-order valence-electron chi connectivity index (χ2n) is 4.10. The van der Waals surface area contributed by atoms with Crippen molar-refractivity contribution in [2.75, 3.05) is 13.2 Å². The summed E-state index contributed by atoms with van der Waals surface area (Å²) in [4.78, 5) is 10.7. The van der Waals surface area contributed by atoms with E-state index >= 15 is 0 Å². The number of aliphatic carboxylic acids is 1. The van der Waals surface area contributed by atoms with Crippen LogP contribution in [0.25, 0.3) is 0 Å². The van der Waals surface area contributed by atoms with E-state index in [1.165, 1.54) is 0 Å². The van der Waals surface area contributed by atoms with Crippen molar-refractivity contribution in [3.63, 3.8) is 0 Å². The van der Waals surface area contributed by atoms with Crippen molar-refractivity contribution in [1.29, 1.82) is 0 Å². The normalized spacial score (nSPS) is 41.6. The molecule has 68 valence electrons. The van der Waals surface area contributed by atoms with Gasteiger partial charge in [0.2, 0.25) is 0 Å². The van der Waals surface area contributed by atoms with Gasteiger partial charge in [-0.3, -0.25) is 4.79 Å². The molecule has 3 unspecified atom stereocenters. The quantitative estimate of drug-likeness (QED) is 0.675. The summed E-state index contributed by atoms with van der Waals surface area (Å²) in [6, 6.07) is 0. The summed E-state index contributed by atoms with van der Waals surface area (Å²) in [5.41, 5.74) is 0.262. The monoisotopic (exact) mass is 170 g/mol. The zero-order valence-electron chi connectivity index (χ0n) is 7.25. The molecule has 2 rings (SSSR count). The lowest BCUT2D eigenvalue weighted by Gasteiger charge is -2.09. The van der Waals surface area contributed by atoms with E-state index in [2.05, 4.69) is 0 Å². The third kappa shape index (κ3) is 1.04. The fraction of sp³-hybridized carbons (Fsp3) is 0.889. The van der Waals surface area contributed by atoms with E-state index in [0.29, 0.717) is 5.92 Å². The lowest BCUT2D eigenvalue weighted by atomic mass is 9.95. The van der Waals surface area contributed by atoms with E-state index in [9.17, 15) is 4.79 Å². The molecule has 0 radical (unpaired) electrons. The molecule has 1 aliphatic carbocycles. The van der Waals surface area contributed by atoms with E-state index in [1.54, 1.807) is 6.92 Å². The summed E-state index contributed by atoms with van der Waals surface area (Å²) in [6.45, 7) is 3.41. The molecule has 0 bridgehead atoms. The molecule has 1 spiro atoms. The molecule has 1 N–H and O–H groups in total. The Kier molecular flexibility index (Phi) is 1.65. The van der Waals surface area contributed by atoms with Crippen molar-refractivity contribution < 1.29 is 14.6 Å². The predicted octanol–water partition coefficient (Wildman–Crippen LogP) is 1.13. The zero-order chi connectivity index (χ0) is 8.77. The van der Waals surface area contributed by atoms with Crippen LogP contribution < -0.4 is 0 Å². The van der Waals surface area contributed by atoms with Crippen molar-refractivity contribution in [3.8, 4) is 0 Å². The van der Waals surface area contributed by atoms with Crippen LogP contribution in [0.15, 0.2) is 0 Å². The van der Waals surface area contributed by atoms with E-state index in [0.717, 1.165) is 26.1 Å². The first kappa shape index (κ1) is 8.05. The second-order valence-corrected chi connectivity index (χ2v) is 4.10. The molecule has 1 saturated carbocycles. The Balaban J connectivity index is 1.98. The number of carboxylic acid groups (broad SMARTS) is 1. The van der Waals surface area contributed by atoms with Gasteiger partial charge in [0.05, 0.1) is 12.5 Å². The Morgan fingerprint density at radius 1 is 1.75 bits per heavy atom. The highest BCUT2D eigenvalue weighted by molar-refractivity contribution is 5.70. The number of rotatable bonds is 2. The average molecular weight is 170 g/mol. The maximum atomic E-state index is 10.7. The fourth-order valence-corrected chi connectivity index (χ4v) is 2.33. The third-order valence-electron chi connectivity index (χ3n) is 3.38. The van der Waals surface area contributed by atoms with Crippen molar-refractivity contribution in [2.24, 2.45) is 17.3 Å². The van der Waals surface area contributed by atoms with Crippen LogP contribution in [0, 0.1) is 17.3 Å². The molecule has 3 atom stereocenters. The van der Waals surface area contributed by atoms with E-state index < -0.39 is 5.97 Å². The van der Waals surface area contributed by atoms with Crippen molar-refractivity contribution in [2.45, 2.75) is 19.8 Å². The Hall–Kier alpha value is -0.570. The van der Waals surface area contributed by atoms with Crippen molar-refractivity contribution >= 4 is 5.97 Å². The van der Waals surface area contributed by atoms with Gasteiger partial charge in [0.1, 0.15) is 0 Å². The van der Waals surface area contributed by atoms with Crippen LogP contribution in [0.5, 0.6) is 0 Å². The molecule has 0 aromatic carbocycles. The first-order valence-corrected chi connectivity index (χ1v) is 4.46. The number of carbonyl (C=O) groups is 1. The lowest BCUT2D eigenvalue weighted by molar-refractivity contribution is -0.142. The minimum absolute atomic E-state index is 0.188. The minimum atomic E-state index is -0.663. The zero-order valence-corrected chi connectivity index (χ0v) is 7.25. The summed E-state index contributed by atoms with van der Waals surface area (Å²) in [5, 5.41) is 8.80. The standard InChI is InChI=1S/C9H14O3/c1-6(8(10)11)7-4-9(7)2-3-12-5-9/h6-7H,2-5H2,1H3,(H,10,11). The lowest BCUT2D eigenvalue weighted by Crippen LogP contribution is -2.16. The maximum Gasteiger partial charge on any atom is 0.306 e. The van der Waals surface area contributed by atoms with Crippen LogP contribution in [-0.4, -0.2) is 24.3 Å². The number of hydrogen-bond donors (Lipinski definition) is 1. The van der Waals surface area contributed by atoms with Gasteiger partial charge in [-0.2, -0.15) is 0 Å². The number of ether oxygens (including phenoxy) is 1. The Morgan fingerprint density at radius 3 is 3.00 bits per heavy atom. The fourth-order valence-electron chi connectivity index (χ4n) is 2.33. The summed E-state index contributed by atoms with van der Waals surface area (Å²) in [6.07, 6.45) is 2.12. The van der Waals surface area contributed by atoms with Gasteiger partial charge in [-0.1, -0.05) is 6.92 Å². The molecule has 1 heterocycles. The predicted molar refractivity (Wildman–Crippen MR) is 42.8 cm³/mol. The summed E-state index contributed by atoms with van der Waals surface area (Å²) in [7, 11) is 0. The molecule has 1 aliphatic heterocycles. The molecule has 0 aromatic heterocycles. The highest BCUT2D eigenvalue weighted by atomic mass is 16.5. The molecule has 2 fully saturated rings. The van der Waals surface area contributed by atoms with Crippen molar-refractivity contribution in [3.05, 3.63) is 0 Å². The Labute approximate surface area is 71.7 Å². The van der Waals surface area contributed by atoms with Gasteiger partial charge in [-0.05, 0) is 24.2 Å². The van der Waals surface area contributed by atoms with Crippen LogP contribution in [-0.2, 0) is 9.53 Å². The first-order valence-electron chi connectivity index (χ1n) is 4.46. The van der Waals surface area contributed by atoms with Crippen LogP contribution in [0.4, 0.5) is 0 Å². The largest absolute Gasteiger partial charge is 0.481 e. The number of hydrogen-bond acceptors (Lipinski definition) is 2. The molecular formula is C9H14O3. The number of carboxylic acids is 1. The highest BCUT2D eigenvalue weighted by Crippen LogP contribution is 2.61. The topological polar surface area (TPSA) is 46.5 Å². The van der Waals surface area contributed by atoms with Crippen LogP contribution >= 0.6 is 0 Å². The molecule has 3 heteroatoms. The smallest absolute Gasteiger partial charge is 0.306 e. The molecule has 0 amide bonds. The highest BCUT2D eigenvalue weighted by Gasteiger charge is 2.59. The Morgan fingerprint density at radius 2 is 2.50 bits per heavy atom. The SMILES string of the molecule is CC(C(=O)O)C1CC12CCOC2. The van der Waals surface area contributed by atoms with Gasteiger partial charge in [-0.25, -0.2) is 0 Å². The molecule has 0 aromatic rings. The second kappa shape index (κ2) is 2.46. The summed E-state index contributed by atoms with van der Waals surface area (Å²) < 4.78 is 5.29. The van der Waals surface area contributed by atoms with Gasteiger partial charge in [0.25, 0.3) is 0 Å². The van der Waals surface area contributed by atoms with Gasteiger partial charge in [-0.15, -0.1) is 0 Å². The van der Waals surface area contributed by atoms with Crippen molar-refractivity contribution in [1.82, 2.24) is 0 Å². The van der Waals surface area contributed by atoms with Gasteiger partial charge < -0.3 is 9.84 Å². The van der Waals surface area contributed by atoms with Gasteiger partial charge >= 0.3 is 5.97 Å². The van der Waals surface area contributed by atoms with Gasteiger partial charge in [0.15, 0.2) is 0 Å². The Bertz CT molecular complexity index is 206. The molecule has 2 aliphatic rings. The summed E-state index contributed by atoms with van der Waals surface area (Å²) >= 11 is 0. The molecular weight excluding hydrogens is 156 g/mol. The average Bonchev–Trinajstić information content (AvgIpc) is 2.48. The molecule has 1 saturated heterocycles. The van der Waals surface area contributed by atoms with E-state index in [1.807, 2.05) is 0 Å². The van der Waals surface area contributed by atoms with E-state index in [-0.39, 0.29) is 11.3 Å². The first-order chi connectivity index (χ1) is 5.66. The molecule has 3 nitrogen and oxygen atoms in total. The maximum absolute atomic E-state index is 10.7. The van der Waals surface area contributed by atoms with Gasteiger partial charge in [0, 0.05) is 6.61 Å². The van der Waals surface area contributed by atoms with Crippen LogP contribution in [0.1, 0.15) is 19.8 Å².